The van der Waals surface area contributed by atoms with Gasteiger partial charge >= 0.3 is 5.97 Å². The van der Waals surface area contributed by atoms with Crippen molar-refractivity contribution in [1.82, 2.24) is 0 Å². The molecule has 2 unspecified atom stereocenters. The summed E-state index contributed by atoms with van der Waals surface area (Å²) in [6.45, 7) is 1.93. The molecule has 3 N–H and O–H groups in total. The third kappa shape index (κ3) is 3.80. The quantitative estimate of drug-likeness (QED) is 0.751. The molecule has 0 aliphatic rings. The molecule has 0 heterocycles. The van der Waals surface area contributed by atoms with Crippen molar-refractivity contribution in [2.45, 2.75) is 18.2 Å². The van der Waals surface area contributed by atoms with Crippen LogP contribution in [0.2, 0.25) is 5.02 Å². The molecule has 100 valence electrons. The molecular weight excluding hydrogens is 274 g/mol. The highest BCUT2D eigenvalue weighted by Gasteiger charge is 2.18. The first-order chi connectivity index (χ1) is 8.49. The smallest absolute Gasteiger partial charge is 0.337 e. The van der Waals surface area contributed by atoms with Gasteiger partial charge in [-0.1, -0.05) is 11.6 Å². The van der Waals surface area contributed by atoms with Crippen LogP contribution in [0.4, 0.5) is 5.69 Å². The number of rotatable bonds is 6. The second kappa shape index (κ2) is 6.87. The Balaban J connectivity index is 2.93. The fourth-order valence-corrected chi connectivity index (χ4v) is 2.39. The molecule has 1 aromatic carbocycles. The van der Waals surface area contributed by atoms with E-state index in [4.69, 9.17) is 16.7 Å². The van der Waals surface area contributed by atoms with Gasteiger partial charge in [-0.15, -0.1) is 0 Å². The second-order valence-corrected chi connectivity index (χ2v) is 5.40. The monoisotopic (exact) mass is 289 g/mol. The van der Waals surface area contributed by atoms with Crippen LogP contribution < -0.4 is 5.32 Å². The lowest BCUT2D eigenvalue weighted by Gasteiger charge is -2.23. The predicted octanol–water partition coefficient (Wildman–Crippen LogP) is 2.56. The summed E-state index contributed by atoms with van der Waals surface area (Å²) in [5.74, 6) is -1.03. The maximum Gasteiger partial charge on any atom is 0.337 e. The van der Waals surface area contributed by atoms with E-state index in [1.54, 1.807) is 12.1 Å². The minimum Gasteiger partial charge on any atom is -0.478 e. The highest BCUT2D eigenvalue weighted by atomic mass is 35.5. The molecule has 0 fully saturated rings. The van der Waals surface area contributed by atoms with Crippen molar-refractivity contribution in [2.24, 2.45) is 0 Å². The summed E-state index contributed by atoms with van der Waals surface area (Å²) in [6.07, 6.45) is 1.90. The number of aromatic carboxylic acids is 1. The zero-order valence-electron chi connectivity index (χ0n) is 10.2. The van der Waals surface area contributed by atoms with Crippen molar-refractivity contribution in [2.75, 3.05) is 18.2 Å². The Morgan fingerprint density at radius 3 is 2.72 bits per heavy atom. The van der Waals surface area contributed by atoms with Crippen molar-refractivity contribution < 1.29 is 15.0 Å². The summed E-state index contributed by atoms with van der Waals surface area (Å²) in [5, 5.41) is 21.8. The van der Waals surface area contributed by atoms with Gasteiger partial charge in [0.25, 0.3) is 0 Å². The molecule has 0 saturated heterocycles. The third-order valence-corrected chi connectivity index (χ3v) is 4.03. The van der Waals surface area contributed by atoms with Crippen LogP contribution in [0.5, 0.6) is 0 Å². The Labute approximate surface area is 115 Å². The fraction of sp³-hybridized carbons (Fsp3) is 0.417. The first-order valence-corrected chi connectivity index (χ1v) is 7.09. The van der Waals surface area contributed by atoms with Crippen LogP contribution in [0, 0.1) is 0 Å². The normalized spacial score (nSPS) is 14.0. The number of carboxylic acids is 1. The summed E-state index contributed by atoms with van der Waals surface area (Å²) in [4.78, 5) is 11.1. The molecule has 0 saturated carbocycles. The maximum absolute atomic E-state index is 11.1. The molecule has 0 spiro atoms. The van der Waals surface area contributed by atoms with Crippen LogP contribution in [0.3, 0.4) is 0 Å². The molecule has 0 radical (unpaired) electrons. The number of benzene rings is 1. The van der Waals surface area contributed by atoms with Gasteiger partial charge in [0.05, 0.1) is 12.2 Å². The largest absolute Gasteiger partial charge is 0.478 e. The molecule has 0 bridgehead atoms. The van der Waals surface area contributed by atoms with Crippen LogP contribution in [-0.4, -0.2) is 40.3 Å². The topological polar surface area (TPSA) is 69.6 Å². The maximum atomic E-state index is 11.1. The van der Waals surface area contributed by atoms with Gasteiger partial charge in [-0.3, -0.25) is 0 Å². The van der Waals surface area contributed by atoms with Crippen molar-refractivity contribution in [3.63, 3.8) is 0 Å². The Kier molecular flexibility index (Phi) is 5.78. The van der Waals surface area contributed by atoms with E-state index in [9.17, 15) is 9.90 Å². The molecular formula is C12H16ClNO3S. The number of nitrogens with one attached hydrogen (secondary N) is 1. The van der Waals surface area contributed by atoms with Crippen LogP contribution >= 0.6 is 23.4 Å². The average molecular weight is 290 g/mol. The van der Waals surface area contributed by atoms with E-state index in [2.05, 4.69) is 5.32 Å². The van der Waals surface area contributed by atoms with Crippen LogP contribution in [0.1, 0.15) is 17.3 Å². The SMILES string of the molecule is CSC(CO)C(C)Nc1ccc(Cl)cc1C(=O)O. The Morgan fingerprint density at radius 1 is 1.56 bits per heavy atom. The number of hydrogen-bond donors (Lipinski definition) is 3. The first kappa shape index (κ1) is 15.1. The number of carbonyl (C=O) groups is 1. The zero-order chi connectivity index (χ0) is 13.7. The molecule has 0 aliphatic heterocycles. The van der Waals surface area contributed by atoms with Crippen molar-refractivity contribution in [3.05, 3.63) is 28.8 Å². The number of halogens is 1. The van der Waals surface area contributed by atoms with E-state index in [-0.39, 0.29) is 23.5 Å². The molecule has 18 heavy (non-hydrogen) atoms. The van der Waals surface area contributed by atoms with Gasteiger partial charge in [0.15, 0.2) is 0 Å². The highest BCUT2D eigenvalue weighted by molar-refractivity contribution is 7.99. The van der Waals surface area contributed by atoms with Gasteiger partial charge in [-0.25, -0.2) is 4.79 Å². The van der Waals surface area contributed by atoms with E-state index in [1.807, 2.05) is 13.2 Å². The highest BCUT2D eigenvalue weighted by Crippen LogP contribution is 2.23. The standard InChI is InChI=1S/C12H16ClNO3S/c1-7(11(6-15)18-2)14-10-4-3-8(13)5-9(10)12(16)17/h3-5,7,11,14-15H,6H2,1-2H3,(H,16,17). The third-order valence-electron chi connectivity index (χ3n) is 2.64. The summed E-state index contributed by atoms with van der Waals surface area (Å²) in [5.41, 5.74) is 0.638. The van der Waals surface area contributed by atoms with E-state index < -0.39 is 5.97 Å². The Hall–Kier alpha value is -0.910. The Morgan fingerprint density at radius 2 is 2.22 bits per heavy atom. The molecule has 6 heteroatoms. The fourth-order valence-electron chi connectivity index (χ4n) is 1.59. The minimum atomic E-state index is -1.03. The van der Waals surface area contributed by atoms with Gasteiger partial charge in [-0.2, -0.15) is 11.8 Å². The number of hydrogen-bond acceptors (Lipinski definition) is 4. The van der Waals surface area contributed by atoms with Crippen LogP contribution in [-0.2, 0) is 0 Å². The summed E-state index contributed by atoms with van der Waals surface area (Å²) < 4.78 is 0. The number of thioether (sulfide) groups is 1. The van der Waals surface area contributed by atoms with Crippen molar-refractivity contribution in [1.29, 1.82) is 0 Å². The number of carboxylic acid groups (broad SMARTS) is 1. The van der Waals surface area contributed by atoms with Gasteiger partial charge in [-0.05, 0) is 31.4 Å². The van der Waals surface area contributed by atoms with Gasteiger partial charge < -0.3 is 15.5 Å². The van der Waals surface area contributed by atoms with E-state index >= 15 is 0 Å². The lowest BCUT2D eigenvalue weighted by atomic mass is 10.1. The van der Waals surface area contributed by atoms with Gasteiger partial charge in [0.1, 0.15) is 0 Å². The number of anilines is 1. The number of aliphatic hydroxyl groups excluding tert-OH is 1. The molecule has 2 atom stereocenters. The van der Waals surface area contributed by atoms with E-state index in [1.165, 1.54) is 17.8 Å². The average Bonchev–Trinajstić information content (AvgIpc) is 2.32. The lowest BCUT2D eigenvalue weighted by Crippen LogP contribution is -2.31. The molecule has 0 amide bonds. The molecule has 0 aliphatic carbocycles. The van der Waals surface area contributed by atoms with Crippen molar-refractivity contribution >= 4 is 35.0 Å². The molecule has 1 rings (SSSR count). The van der Waals surface area contributed by atoms with Crippen LogP contribution in [0.15, 0.2) is 18.2 Å². The first-order valence-electron chi connectivity index (χ1n) is 5.42. The van der Waals surface area contributed by atoms with E-state index in [0.717, 1.165) is 0 Å². The van der Waals surface area contributed by atoms with E-state index in [0.29, 0.717) is 10.7 Å². The summed E-state index contributed by atoms with van der Waals surface area (Å²) >= 11 is 7.31. The molecule has 4 nitrogen and oxygen atoms in total. The molecule has 0 aromatic heterocycles. The summed E-state index contributed by atoms with van der Waals surface area (Å²) in [6, 6.07) is 4.63. The summed E-state index contributed by atoms with van der Waals surface area (Å²) in [7, 11) is 0. The minimum absolute atomic E-state index is 0.00215. The second-order valence-electron chi connectivity index (χ2n) is 3.88. The number of aliphatic hydroxyl groups is 1. The van der Waals surface area contributed by atoms with Gasteiger partial charge in [0.2, 0.25) is 0 Å². The predicted molar refractivity (Wildman–Crippen MR) is 75.9 cm³/mol. The zero-order valence-corrected chi connectivity index (χ0v) is 11.8. The van der Waals surface area contributed by atoms with Crippen LogP contribution in [0.25, 0.3) is 0 Å². The lowest BCUT2D eigenvalue weighted by molar-refractivity contribution is 0.0698. The van der Waals surface area contributed by atoms with Crippen molar-refractivity contribution in [3.8, 4) is 0 Å². The molecule has 1 aromatic rings. The van der Waals surface area contributed by atoms with Gasteiger partial charge in [0, 0.05) is 22.0 Å². The Bertz CT molecular complexity index is 424.